The van der Waals surface area contributed by atoms with Crippen LogP contribution in [0.25, 0.3) is 0 Å². The van der Waals surface area contributed by atoms with E-state index in [4.69, 9.17) is 0 Å². The van der Waals surface area contributed by atoms with Crippen LogP contribution in [-0.2, 0) is 15.8 Å². The number of aliphatic hydroxyl groups excluding tert-OH is 1. The van der Waals surface area contributed by atoms with Crippen LogP contribution < -0.4 is 0 Å². The standard InChI is InChI=1S/C14H22N2O3S/c1-11-4-6-12(7-5-11)10-20(18,19)16-8-13(15(2)3)14(17)9-16/h4-7,13-14,17H,8-10H2,1-3H3/t13-,14-/m0/s1. The molecular formula is C14H22N2O3S. The molecule has 0 spiro atoms. The maximum Gasteiger partial charge on any atom is 0.218 e. The lowest BCUT2D eigenvalue weighted by molar-refractivity contribution is 0.113. The monoisotopic (exact) mass is 298 g/mol. The summed E-state index contributed by atoms with van der Waals surface area (Å²) in [5.41, 5.74) is 1.88. The Morgan fingerprint density at radius 1 is 1.25 bits per heavy atom. The second-order valence-corrected chi connectivity index (χ2v) is 7.63. The van der Waals surface area contributed by atoms with Crippen LogP contribution in [0.15, 0.2) is 24.3 Å². The summed E-state index contributed by atoms with van der Waals surface area (Å²) >= 11 is 0. The Balaban J connectivity index is 2.10. The molecule has 0 unspecified atom stereocenters. The fraction of sp³-hybridized carbons (Fsp3) is 0.571. The number of likely N-dealkylation sites (N-methyl/N-ethyl adjacent to an activating group) is 1. The lowest BCUT2D eigenvalue weighted by Crippen LogP contribution is -2.38. The fourth-order valence-electron chi connectivity index (χ4n) is 2.46. The van der Waals surface area contributed by atoms with Crippen LogP contribution in [0.1, 0.15) is 11.1 Å². The molecule has 6 heteroatoms. The average molecular weight is 298 g/mol. The Morgan fingerprint density at radius 3 is 2.35 bits per heavy atom. The highest BCUT2D eigenvalue weighted by molar-refractivity contribution is 7.88. The third-order valence-corrected chi connectivity index (χ3v) is 5.53. The van der Waals surface area contributed by atoms with Crippen LogP contribution in [0.5, 0.6) is 0 Å². The van der Waals surface area contributed by atoms with Crippen LogP contribution >= 0.6 is 0 Å². The predicted octanol–water partition coefficient (Wildman–Crippen LogP) is 0.432. The second-order valence-electron chi connectivity index (χ2n) is 5.66. The van der Waals surface area contributed by atoms with Gasteiger partial charge < -0.3 is 10.0 Å². The molecule has 1 aliphatic heterocycles. The van der Waals surface area contributed by atoms with E-state index >= 15 is 0 Å². The van der Waals surface area contributed by atoms with Crippen molar-refractivity contribution in [2.75, 3.05) is 27.2 Å². The number of aryl methyl sites for hydroxylation is 1. The van der Waals surface area contributed by atoms with Gasteiger partial charge in [-0.15, -0.1) is 0 Å². The number of hydrogen-bond donors (Lipinski definition) is 1. The molecule has 1 saturated heterocycles. The third kappa shape index (κ3) is 3.38. The van der Waals surface area contributed by atoms with Gasteiger partial charge in [-0.3, -0.25) is 0 Å². The quantitative estimate of drug-likeness (QED) is 0.876. The molecule has 0 saturated carbocycles. The van der Waals surface area contributed by atoms with E-state index in [0.29, 0.717) is 6.54 Å². The van der Waals surface area contributed by atoms with Gasteiger partial charge >= 0.3 is 0 Å². The van der Waals surface area contributed by atoms with Gasteiger partial charge in [0.1, 0.15) is 0 Å². The molecule has 1 N–H and O–H groups in total. The van der Waals surface area contributed by atoms with E-state index in [-0.39, 0.29) is 18.3 Å². The zero-order valence-electron chi connectivity index (χ0n) is 12.2. The van der Waals surface area contributed by atoms with Gasteiger partial charge in [0, 0.05) is 13.1 Å². The van der Waals surface area contributed by atoms with E-state index in [1.807, 2.05) is 50.2 Å². The number of benzene rings is 1. The molecule has 112 valence electrons. The summed E-state index contributed by atoms with van der Waals surface area (Å²) in [5.74, 6) is -0.0137. The van der Waals surface area contributed by atoms with E-state index in [2.05, 4.69) is 0 Å². The zero-order valence-corrected chi connectivity index (χ0v) is 13.0. The van der Waals surface area contributed by atoms with Crippen molar-refractivity contribution in [3.63, 3.8) is 0 Å². The molecule has 0 aromatic heterocycles. The minimum absolute atomic E-state index is 0.0137. The van der Waals surface area contributed by atoms with Crippen molar-refractivity contribution in [1.82, 2.24) is 9.21 Å². The van der Waals surface area contributed by atoms with Crippen LogP contribution in [0.3, 0.4) is 0 Å². The molecule has 0 amide bonds. The van der Waals surface area contributed by atoms with Crippen molar-refractivity contribution in [2.45, 2.75) is 24.8 Å². The van der Waals surface area contributed by atoms with Gasteiger partial charge in [-0.05, 0) is 26.6 Å². The van der Waals surface area contributed by atoms with Crippen LogP contribution in [0.2, 0.25) is 0 Å². The molecule has 1 aliphatic rings. The Hall–Kier alpha value is -0.950. The van der Waals surface area contributed by atoms with E-state index in [0.717, 1.165) is 11.1 Å². The Morgan fingerprint density at radius 2 is 1.85 bits per heavy atom. The predicted molar refractivity (Wildman–Crippen MR) is 78.9 cm³/mol. The number of sulfonamides is 1. The molecular weight excluding hydrogens is 276 g/mol. The van der Waals surface area contributed by atoms with Crippen LogP contribution in [0, 0.1) is 6.92 Å². The molecule has 2 atom stereocenters. The third-order valence-electron chi connectivity index (χ3n) is 3.75. The summed E-state index contributed by atoms with van der Waals surface area (Å²) < 4.78 is 26.2. The SMILES string of the molecule is Cc1ccc(CS(=O)(=O)N2C[C@H](O)[C@@H](N(C)C)C2)cc1. The second kappa shape index (κ2) is 5.81. The molecule has 5 nitrogen and oxygen atoms in total. The van der Waals surface area contributed by atoms with Crippen molar-refractivity contribution in [1.29, 1.82) is 0 Å². The normalized spacial score (nSPS) is 24.4. The molecule has 0 radical (unpaired) electrons. The van der Waals surface area contributed by atoms with Gasteiger partial charge in [-0.1, -0.05) is 29.8 Å². The minimum atomic E-state index is -3.38. The highest BCUT2D eigenvalue weighted by atomic mass is 32.2. The smallest absolute Gasteiger partial charge is 0.218 e. The molecule has 1 aromatic rings. The lowest BCUT2D eigenvalue weighted by atomic mass is 10.2. The van der Waals surface area contributed by atoms with Crippen LogP contribution in [0.4, 0.5) is 0 Å². The Labute approximate surface area is 120 Å². The molecule has 1 aromatic carbocycles. The molecule has 0 aliphatic carbocycles. The van der Waals surface area contributed by atoms with Gasteiger partial charge in [0.15, 0.2) is 0 Å². The highest BCUT2D eigenvalue weighted by Crippen LogP contribution is 2.20. The van der Waals surface area contributed by atoms with Gasteiger partial charge in [0.2, 0.25) is 10.0 Å². The van der Waals surface area contributed by atoms with Gasteiger partial charge in [0.05, 0.1) is 17.9 Å². The lowest BCUT2D eigenvalue weighted by Gasteiger charge is -2.21. The molecule has 0 bridgehead atoms. The van der Waals surface area contributed by atoms with Gasteiger partial charge in [-0.2, -0.15) is 4.31 Å². The summed E-state index contributed by atoms with van der Waals surface area (Å²) in [6, 6.07) is 7.35. The molecule has 20 heavy (non-hydrogen) atoms. The summed E-state index contributed by atoms with van der Waals surface area (Å²) in [6.07, 6.45) is -0.627. The van der Waals surface area contributed by atoms with E-state index in [1.54, 1.807) is 0 Å². The fourth-order valence-corrected chi connectivity index (χ4v) is 4.01. The number of rotatable bonds is 4. The maximum atomic E-state index is 12.4. The van der Waals surface area contributed by atoms with E-state index in [9.17, 15) is 13.5 Å². The summed E-state index contributed by atoms with van der Waals surface area (Å²) in [4.78, 5) is 1.87. The van der Waals surface area contributed by atoms with Crippen molar-refractivity contribution in [2.24, 2.45) is 0 Å². The van der Waals surface area contributed by atoms with Crippen molar-refractivity contribution >= 4 is 10.0 Å². The number of aliphatic hydroxyl groups is 1. The number of nitrogens with zero attached hydrogens (tertiary/aromatic N) is 2. The first-order valence-electron chi connectivity index (χ1n) is 6.67. The van der Waals surface area contributed by atoms with Gasteiger partial charge in [-0.25, -0.2) is 8.42 Å². The first-order chi connectivity index (χ1) is 9.29. The van der Waals surface area contributed by atoms with Crippen molar-refractivity contribution < 1.29 is 13.5 Å². The molecule has 1 fully saturated rings. The molecule has 1 heterocycles. The Bertz CT molecular complexity index is 554. The number of hydrogen-bond acceptors (Lipinski definition) is 4. The van der Waals surface area contributed by atoms with Crippen molar-refractivity contribution in [3.05, 3.63) is 35.4 Å². The first kappa shape index (κ1) is 15.4. The zero-order chi connectivity index (χ0) is 14.9. The van der Waals surface area contributed by atoms with Gasteiger partial charge in [0.25, 0.3) is 0 Å². The largest absolute Gasteiger partial charge is 0.390 e. The first-order valence-corrected chi connectivity index (χ1v) is 8.28. The molecule has 2 rings (SSSR count). The Kier molecular flexibility index (Phi) is 4.49. The summed E-state index contributed by atoms with van der Waals surface area (Å²) in [5, 5.41) is 9.95. The van der Waals surface area contributed by atoms with Crippen LogP contribution in [-0.4, -0.2) is 62.1 Å². The summed E-state index contributed by atoms with van der Waals surface area (Å²) in [6.45, 7) is 2.50. The van der Waals surface area contributed by atoms with E-state index < -0.39 is 16.1 Å². The average Bonchev–Trinajstić information content (AvgIpc) is 2.75. The van der Waals surface area contributed by atoms with E-state index in [1.165, 1.54) is 4.31 Å². The summed E-state index contributed by atoms with van der Waals surface area (Å²) in [7, 11) is 0.324. The highest BCUT2D eigenvalue weighted by Gasteiger charge is 2.38. The number of β-amino-alcohol motifs (C(OH)–C–C–N with tert-alkyl or cyclic N) is 1. The maximum absolute atomic E-state index is 12.4. The van der Waals surface area contributed by atoms with Crippen molar-refractivity contribution in [3.8, 4) is 0 Å². The minimum Gasteiger partial charge on any atom is -0.390 e. The topological polar surface area (TPSA) is 60.9 Å².